The number of likely N-dealkylation sites (tertiary alicyclic amines) is 1. The van der Waals surface area contributed by atoms with Crippen LogP contribution in [0.5, 0.6) is 0 Å². The molecular weight excluding hydrogens is 367 g/mol. The Bertz CT molecular complexity index is 400. The summed E-state index contributed by atoms with van der Waals surface area (Å²) in [5, 5.41) is 0. The Kier molecular flexibility index (Phi) is 12.0. The number of halogens is 3. The standard InChI is InChI=1S/C22H42F3NO2/c1-5-7-8-9-10-11-14-19(16-17-21(23,24)25)22(27-3,28-4)26-18-13-12-15-20(26)6-2/h19-20H,5-18H2,1-4H3. The first-order valence-electron chi connectivity index (χ1n) is 11.3. The summed E-state index contributed by atoms with van der Waals surface area (Å²) in [5.74, 6) is -1.35. The van der Waals surface area contributed by atoms with E-state index in [9.17, 15) is 13.2 Å². The van der Waals surface area contributed by atoms with E-state index >= 15 is 0 Å². The zero-order valence-corrected chi connectivity index (χ0v) is 18.5. The van der Waals surface area contributed by atoms with Gasteiger partial charge in [0, 0.05) is 39.1 Å². The van der Waals surface area contributed by atoms with E-state index in [1.807, 2.05) is 0 Å². The van der Waals surface area contributed by atoms with Crippen molar-refractivity contribution in [2.45, 2.75) is 115 Å². The average Bonchev–Trinajstić information content (AvgIpc) is 2.68. The smallest absolute Gasteiger partial charge is 0.340 e. The van der Waals surface area contributed by atoms with Crippen LogP contribution in [0.3, 0.4) is 0 Å². The maximum Gasteiger partial charge on any atom is 0.389 e. The molecule has 2 unspecified atom stereocenters. The SMILES string of the molecule is CCCCCCCCC(CCC(F)(F)F)C(OC)(OC)N1CCCCC1CC. The number of unbranched alkanes of at least 4 members (excludes halogenated alkanes) is 5. The van der Waals surface area contributed by atoms with Crippen LogP contribution in [0.4, 0.5) is 13.2 Å². The van der Waals surface area contributed by atoms with E-state index in [0.717, 1.165) is 51.5 Å². The van der Waals surface area contributed by atoms with Gasteiger partial charge in [0.15, 0.2) is 0 Å². The lowest BCUT2D eigenvalue weighted by molar-refractivity contribution is -0.340. The molecule has 1 heterocycles. The van der Waals surface area contributed by atoms with Gasteiger partial charge in [0.2, 0.25) is 5.91 Å². The molecule has 3 nitrogen and oxygen atoms in total. The number of hydrogen-bond donors (Lipinski definition) is 0. The minimum absolute atomic E-state index is 0.0487. The third-order valence-electron chi connectivity index (χ3n) is 6.28. The minimum Gasteiger partial charge on any atom is -0.340 e. The van der Waals surface area contributed by atoms with E-state index in [0.29, 0.717) is 12.5 Å². The van der Waals surface area contributed by atoms with Gasteiger partial charge in [0.05, 0.1) is 0 Å². The lowest BCUT2D eigenvalue weighted by Gasteiger charge is -2.51. The molecular formula is C22H42F3NO2. The lowest BCUT2D eigenvalue weighted by Crippen LogP contribution is -2.61. The molecule has 0 aromatic heterocycles. The van der Waals surface area contributed by atoms with E-state index in [-0.39, 0.29) is 12.3 Å². The highest BCUT2D eigenvalue weighted by molar-refractivity contribution is 4.88. The fourth-order valence-electron chi connectivity index (χ4n) is 4.74. The summed E-state index contributed by atoms with van der Waals surface area (Å²) in [6.07, 6.45) is 6.76. The van der Waals surface area contributed by atoms with Crippen LogP contribution in [0.25, 0.3) is 0 Å². The number of alkyl halides is 3. The Balaban J connectivity index is 2.92. The Morgan fingerprint density at radius 3 is 2.14 bits per heavy atom. The summed E-state index contributed by atoms with van der Waals surface area (Å²) < 4.78 is 50.9. The fourth-order valence-corrected chi connectivity index (χ4v) is 4.74. The van der Waals surface area contributed by atoms with Crippen LogP contribution in [0.1, 0.15) is 97.3 Å². The predicted molar refractivity (Wildman–Crippen MR) is 108 cm³/mol. The highest BCUT2D eigenvalue weighted by Crippen LogP contribution is 2.40. The second kappa shape index (κ2) is 13.1. The van der Waals surface area contributed by atoms with E-state index in [1.165, 1.54) is 19.3 Å². The van der Waals surface area contributed by atoms with Crippen LogP contribution < -0.4 is 0 Å². The van der Waals surface area contributed by atoms with Crippen molar-refractivity contribution < 1.29 is 22.6 Å². The van der Waals surface area contributed by atoms with Gasteiger partial charge in [0.25, 0.3) is 0 Å². The predicted octanol–water partition coefficient (Wildman–Crippen LogP) is 6.91. The summed E-state index contributed by atoms with van der Waals surface area (Å²) in [6.45, 7) is 5.14. The van der Waals surface area contributed by atoms with Crippen LogP contribution >= 0.6 is 0 Å². The lowest BCUT2D eigenvalue weighted by atomic mass is 9.88. The first-order valence-corrected chi connectivity index (χ1v) is 11.3. The molecule has 1 fully saturated rings. The van der Waals surface area contributed by atoms with Crippen LogP contribution in [-0.4, -0.2) is 43.8 Å². The monoisotopic (exact) mass is 409 g/mol. The van der Waals surface area contributed by atoms with Gasteiger partial charge in [-0.05, 0) is 32.1 Å². The quantitative estimate of drug-likeness (QED) is 0.230. The molecule has 0 saturated carbocycles. The van der Waals surface area contributed by atoms with Gasteiger partial charge in [-0.3, -0.25) is 0 Å². The normalized spacial score (nSPS) is 20.5. The zero-order valence-electron chi connectivity index (χ0n) is 18.5. The average molecular weight is 410 g/mol. The van der Waals surface area contributed by atoms with Crippen molar-refractivity contribution in [3.8, 4) is 0 Å². The Labute approximate surface area is 170 Å². The number of hydrogen-bond acceptors (Lipinski definition) is 3. The molecule has 0 aromatic carbocycles. The first-order chi connectivity index (χ1) is 13.3. The largest absolute Gasteiger partial charge is 0.389 e. The molecule has 1 rings (SSSR count). The molecule has 1 saturated heterocycles. The summed E-state index contributed by atoms with van der Waals surface area (Å²) in [4.78, 5) is 2.22. The van der Waals surface area contributed by atoms with Gasteiger partial charge in [-0.15, -0.1) is 0 Å². The van der Waals surface area contributed by atoms with Gasteiger partial charge >= 0.3 is 6.18 Å². The van der Waals surface area contributed by atoms with Gasteiger partial charge < -0.3 is 9.47 Å². The molecule has 2 atom stereocenters. The summed E-state index contributed by atoms with van der Waals surface area (Å²) >= 11 is 0. The second-order valence-electron chi connectivity index (χ2n) is 8.20. The molecule has 0 spiro atoms. The molecule has 1 aliphatic rings. The molecule has 168 valence electrons. The third-order valence-corrected chi connectivity index (χ3v) is 6.28. The summed E-state index contributed by atoms with van der Waals surface area (Å²) in [5.41, 5.74) is 0. The highest BCUT2D eigenvalue weighted by Gasteiger charge is 2.48. The van der Waals surface area contributed by atoms with Gasteiger partial charge in [0.1, 0.15) is 0 Å². The van der Waals surface area contributed by atoms with Gasteiger partial charge in [-0.2, -0.15) is 13.2 Å². The molecule has 0 amide bonds. The Hall–Kier alpha value is -0.330. The van der Waals surface area contributed by atoms with Crippen LogP contribution in [-0.2, 0) is 9.47 Å². The second-order valence-corrected chi connectivity index (χ2v) is 8.20. The number of nitrogens with zero attached hydrogens (tertiary/aromatic N) is 1. The van der Waals surface area contributed by atoms with Crippen molar-refractivity contribution >= 4 is 0 Å². The number of methoxy groups -OCH3 is 2. The zero-order chi connectivity index (χ0) is 21.0. The molecule has 0 N–H and O–H groups in total. The van der Waals surface area contributed by atoms with Gasteiger partial charge in [-0.1, -0.05) is 58.8 Å². The van der Waals surface area contributed by atoms with Crippen molar-refractivity contribution in [1.29, 1.82) is 0 Å². The summed E-state index contributed by atoms with van der Waals surface area (Å²) in [7, 11) is 3.18. The van der Waals surface area contributed by atoms with E-state index in [2.05, 4.69) is 18.7 Å². The highest BCUT2D eigenvalue weighted by atomic mass is 19.4. The van der Waals surface area contributed by atoms with E-state index in [1.54, 1.807) is 14.2 Å². The van der Waals surface area contributed by atoms with E-state index in [4.69, 9.17) is 9.47 Å². The van der Waals surface area contributed by atoms with Crippen molar-refractivity contribution in [3.63, 3.8) is 0 Å². The van der Waals surface area contributed by atoms with Crippen LogP contribution in [0.15, 0.2) is 0 Å². The maximum absolute atomic E-state index is 13.0. The molecule has 0 aromatic rings. The molecule has 28 heavy (non-hydrogen) atoms. The Morgan fingerprint density at radius 2 is 1.57 bits per heavy atom. The fraction of sp³-hybridized carbons (Fsp3) is 1.00. The van der Waals surface area contributed by atoms with Crippen molar-refractivity contribution in [1.82, 2.24) is 4.90 Å². The van der Waals surface area contributed by atoms with Crippen molar-refractivity contribution in [2.24, 2.45) is 5.92 Å². The van der Waals surface area contributed by atoms with Crippen LogP contribution in [0.2, 0.25) is 0 Å². The summed E-state index contributed by atoms with van der Waals surface area (Å²) in [6, 6.07) is 0.298. The van der Waals surface area contributed by atoms with Gasteiger partial charge in [-0.25, -0.2) is 4.90 Å². The Morgan fingerprint density at radius 1 is 0.929 bits per heavy atom. The number of rotatable bonds is 14. The van der Waals surface area contributed by atoms with Crippen molar-refractivity contribution in [2.75, 3.05) is 20.8 Å². The molecule has 6 heteroatoms. The maximum atomic E-state index is 13.0. The third kappa shape index (κ3) is 7.83. The molecule has 0 aliphatic carbocycles. The topological polar surface area (TPSA) is 21.7 Å². The van der Waals surface area contributed by atoms with E-state index < -0.39 is 18.5 Å². The van der Waals surface area contributed by atoms with Crippen LogP contribution in [0, 0.1) is 5.92 Å². The molecule has 1 aliphatic heterocycles. The molecule has 0 radical (unpaired) electrons. The number of ether oxygens (including phenoxy) is 2. The molecule has 0 bridgehead atoms. The van der Waals surface area contributed by atoms with Crippen molar-refractivity contribution in [3.05, 3.63) is 0 Å². The minimum atomic E-state index is -4.15. The first kappa shape index (κ1) is 25.7. The number of piperidine rings is 1.